The third-order valence-corrected chi connectivity index (χ3v) is 2.81. The molecule has 0 saturated heterocycles. The summed E-state index contributed by atoms with van der Waals surface area (Å²) in [5.41, 5.74) is 0. The lowest BCUT2D eigenvalue weighted by Crippen LogP contribution is -2.55. The van der Waals surface area contributed by atoms with Crippen molar-refractivity contribution < 1.29 is 19.5 Å². The first-order valence-electron chi connectivity index (χ1n) is 5.37. The molecule has 86 valence electrons. The smallest absolute Gasteiger partial charge is 0.359 e. The van der Waals surface area contributed by atoms with Gasteiger partial charge in [0.15, 0.2) is 12.4 Å². The Bertz CT molecular complexity index is 265. The highest BCUT2D eigenvalue weighted by atomic mass is 16.4. The zero-order valence-electron chi connectivity index (χ0n) is 9.15. The Morgan fingerprint density at radius 1 is 1.60 bits per heavy atom. The van der Waals surface area contributed by atoms with E-state index in [4.69, 9.17) is 10.2 Å². The molecule has 1 atom stereocenters. The zero-order valence-corrected chi connectivity index (χ0v) is 9.15. The fourth-order valence-electron chi connectivity index (χ4n) is 2.13. The molecule has 0 aromatic heterocycles. The minimum Gasteiger partial charge on any atom is -0.477 e. The standard InChI is InChI=1S/C10H18N2O3/c1-2-3-9-11-4-5-12(9,6-7-13)8-10(14)15/h13H,2-8H2,1H3/p+1. The van der Waals surface area contributed by atoms with Crippen LogP contribution in [0.25, 0.3) is 0 Å². The fraction of sp³-hybridized carbons (Fsp3) is 0.800. The molecule has 1 heterocycles. The number of hydrogen-bond acceptors (Lipinski definition) is 3. The predicted molar refractivity (Wildman–Crippen MR) is 56.8 cm³/mol. The monoisotopic (exact) mass is 215 g/mol. The molecule has 5 heteroatoms. The molecule has 0 aromatic carbocycles. The first-order valence-corrected chi connectivity index (χ1v) is 5.37. The van der Waals surface area contributed by atoms with Gasteiger partial charge in [0, 0.05) is 6.42 Å². The summed E-state index contributed by atoms with van der Waals surface area (Å²) < 4.78 is 0.347. The molecule has 0 radical (unpaired) electrons. The largest absolute Gasteiger partial charge is 0.477 e. The van der Waals surface area contributed by atoms with Crippen LogP contribution in [0, 0.1) is 0 Å². The van der Waals surface area contributed by atoms with E-state index in [0.717, 1.165) is 18.7 Å². The van der Waals surface area contributed by atoms with Crippen molar-refractivity contribution in [3.8, 4) is 0 Å². The van der Waals surface area contributed by atoms with Crippen LogP contribution >= 0.6 is 0 Å². The molecule has 0 spiro atoms. The number of carboxylic acids is 1. The highest BCUT2D eigenvalue weighted by molar-refractivity contribution is 5.80. The van der Waals surface area contributed by atoms with E-state index in [9.17, 15) is 4.79 Å². The van der Waals surface area contributed by atoms with Gasteiger partial charge in [0.25, 0.3) is 0 Å². The van der Waals surface area contributed by atoms with Gasteiger partial charge >= 0.3 is 5.97 Å². The first kappa shape index (κ1) is 12.1. The lowest BCUT2D eigenvalue weighted by atomic mass is 10.2. The lowest BCUT2D eigenvalue weighted by Gasteiger charge is -2.32. The molecule has 0 aliphatic carbocycles. The van der Waals surface area contributed by atoms with Crippen LogP contribution in [0.1, 0.15) is 19.8 Å². The van der Waals surface area contributed by atoms with Gasteiger partial charge in [-0.1, -0.05) is 6.92 Å². The number of hydrogen-bond donors (Lipinski definition) is 2. The molecule has 2 N–H and O–H groups in total. The van der Waals surface area contributed by atoms with Crippen LogP contribution in [0.15, 0.2) is 4.99 Å². The van der Waals surface area contributed by atoms with Crippen LogP contribution in [0.2, 0.25) is 0 Å². The Balaban J connectivity index is 2.79. The minimum atomic E-state index is -0.825. The van der Waals surface area contributed by atoms with Gasteiger partial charge in [-0.05, 0) is 6.42 Å². The first-order chi connectivity index (χ1) is 7.14. The van der Waals surface area contributed by atoms with Crippen LogP contribution < -0.4 is 0 Å². The molecular formula is C10H19N2O3+. The van der Waals surface area contributed by atoms with Crippen LogP contribution in [0.4, 0.5) is 0 Å². The van der Waals surface area contributed by atoms with E-state index in [2.05, 4.69) is 11.9 Å². The molecule has 0 bridgehead atoms. The van der Waals surface area contributed by atoms with E-state index in [-0.39, 0.29) is 13.2 Å². The van der Waals surface area contributed by atoms with Gasteiger partial charge in [-0.3, -0.25) is 4.48 Å². The number of aliphatic imine (C=N–C) groups is 1. The van der Waals surface area contributed by atoms with E-state index in [1.165, 1.54) is 0 Å². The molecular weight excluding hydrogens is 196 g/mol. The van der Waals surface area contributed by atoms with Crippen molar-refractivity contribution in [2.75, 3.05) is 32.8 Å². The van der Waals surface area contributed by atoms with Gasteiger partial charge in [-0.2, -0.15) is 0 Å². The van der Waals surface area contributed by atoms with Crippen LogP contribution in [-0.2, 0) is 4.79 Å². The van der Waals surface area contributed by atoms with E-state index in [1.54, 1.807) is 0 Å². The highest BCUT2D eigenvalue weighted by Crippen LogP contribution is 2.18. The van der Waals surface area contributed by atoms with Crippen LogP contribution in [-0.4, -0.2) is 59.3 Å². The summed E-state index contributed by atoms with van der Waals surface area (Å²) >= 11 is 0. The Morgan fingerprint density at radius 2 is 2.33 bits per heavy atom. The van der Waals surface area contributed by atoms with Crippen LogP contribution in [0.3, 0.4) is 0 Å². The third kappa shape index (κ3) is 2.76. The summed E-state index contributed by atoms with van der Waals surface area (Å²) in [6, 6.07) is 0. The second-order valence-electron chi connectivity index (χ2n) is 3.92. The molecule has 0 fully saturated rings. The van der Waals surface area contributed by atoms with Crippen molar-refractivity contribution in [2.24, 2.45) is 4.99 Å². The normalized spacial score (nSPS) is 25.3. The second kappa shape index (κ2) is 5.23. The molecule has 0 saturated carbocycles. The van der Waals surface area contributed by atoms with Crippen molar-refractivity contribution in [3.05, 3.63) is 0 Å². The van der Waals surface area contributed by atoms with Crippen molar-refractivity contribution in [2.45, 2.75) is 19.8 Å². The highest BCUT2D eigenvalue weighted by Gasteiger charge is 2.38. The Morgan fingerprint density at radius 3 is 2.87 bits per heavy atom. The van der Waals surface area contributed by atoms with E-state index < -0.39 is 5.97 Å². The molecule has 5 nitrogen and oxygen atoms in total. The van der Waals surface area contributed by atoms with Gasteiger partial charge in [0.2, 0.25) is 0 Å². The molecule has 1 rings (SSSR count). The fourth-order valence-corrected chi connectivity index (χ4v) is 2.13. The summed E-state index contributed by atoms with van der Waals surface area (Å²) in [5, 5.41) is 17.9. The number of aliphatic hydroxyl groups excluding tert-OH is 1. The van der Waals surface area contributed by atoms with Gasteiger partial charge in [-0.25, -0.2) is 9.79 Å². The number of carbonyl (C=O) groups is 1. The topological polar surface area (TPSA) is 69.9 Å². The van der Waals surface area contributed by atoms with E-state index in [0.29, 0.717) is 24.1 Å². The molecule has 0 amide bonds. The zero-order chi connectivity index (χ0) is 11.3. The number of aliphatic hydroxyl groups is 1. The number of quaternary nitrogens is 1. The molecule has 1 aliphatic rings. The van der Waals surface area contributed by atoms with Gasteiger partial charge in [0.1, 0.15) is 13.1 Å². The second-order valence-corrected chi connectivity index (χ2v) is 3.92. The number of amidine groups is 1. The van der Waals surface area contributed by atoms with Crippen molar-refractivity contribution in [3.63, 3.8) is 0 Å². The molecule has 1 unspecified atom stereocenters. The van der Waals surface area contributed by atoms with Gasteiger partial charge < -0.3 is 10.2 Å². The summed E-state index contributed by atoms with van der Waals surface area (Å²) in [4.78, 5) is 15.2. The quantitative estimate of drug-likeness (QED) is 0.617. The SMILES string of the molecule is CCCC1=NCC[N+]1(CCO)CC(=O)O. The van der Waals surface area contributed by atoms with Gasteiger partial charge in [-0.15, -0.1) is 0 Å². The number of rotatable bonds is 6. The predicted octanol–water partition coefficient (Wildman–Crippen LogP) is 0.0923. The van der Waals surface area contributed by atoms with Crippen LogP contribution in [0.5, 0.6) is 0 Å². The van der Waals surface area contributed by atoms with Gasteiger partial charge in [0.05, 0.1) is 13.2 Å². The maximum absolute atomic E-state index is 10.8. The van der Waals surface area contributed by atoms with E-state index in [1.807, 2.05) is 0 Å². The Hall–Kier alpha value is -0.940. The number of nitrogens with zero attached hydrogens (tertiary/aromatic N) is 2. The Kier molecular flexibility index (Phi) is 4.23. The minimum absolute atomic E-state index is 0.00993. The summed E-state index contributed by atoms with van der Waals surface area (Å²) in [6.45, 7) is 3.96. The van der Waals surface area contributed by atoms with Crippen molar-refractivity contribution >= 4 is 11.8 Å². The summed E-state index contributed by atoms with van der Waals surface area (Å²) in [5.74, 6) is 0.114. The van der Waals surface area contributed by atoms with Crippen molar-refractivity contribution in [1.29, 1.82) is 0 Å². The average Bonchev–Trinajstić information content (AvgIpc) is 2.49. The Labute approximate surface area is 89.6 Å². The average molecular weight is 215 g/mol. The third-order valence-electron chi connectivity index (χ3n) is 2.81. The number of aliphatic carboxylic acids is 1. The molecule has 15 heavy (non-hydrogen) atoms. The molecule has 1 aliphatic heterocycles. The maximum Gasteiger partial charge on any atom is 0.359 e. The van der Waals surface area contributed by atoms with Crippen molar-refractivity contribution in [1.82, 2.24) is 0 Å². The van der Waals surface area contributed by atoms with E-state index >= 15 is 0 Å². The number of carboxylic acid groups (broad SMARTS) is 1. The lowest BCUT2D eigenvalue weighted by molar-refractivity contribution is -0.829. The summed E-state index contributed by atoms with van der Waals surface area (Å²) in [6.07, 6.45) is 1.79. The molecule has 0 aromatic rings. The maximum atomic E-state index is 10.8. The summed E-state index contributed by atoms with van der Waals surface area (Å²) in [7, 11) is 0.